The molecule has 0 radical (unpaired) electrons. The molecular formula is C20H35IN4O2. The number of hydrogen-bond acceptors (Lipinski definition) is 4. The van der Waals surface area contributed by atoms with E-state index >= 15 is 0 Å². The third-order valence-electron chi connectivity index (χ3n) is 4.49. The van der Waals surface area contributed by atoms with Gasteiger partial charge in [0.05, 0.1) is 12.7 Å². The molecule has 0 aliphatic heterocycles. The molecule has 1 unspecified atom stereocenters. The average molecular weight is 490 g/mol. The number of halogens is 1. The molecule has 6 nitrogen and oxygen atoms in total. The molecule has 154 valence electrons. The molecule has 0 aromatic carbocycles. The lowest BCUT2D eigenvalue weighted by Crippen LogP contribution is -2.38. The fraction of sp³-hybridized carbons (Fsp3) is 0.700. The lowest BCUT2D eigenvalue weighted by Gasteiger charge is -2.21. The van der Waals surface area contributed by atoms with E-state index in [0.717, 1.165) is 43.6 Å². The van der Waals surface area contributed by atoms with E-state index in [1.807, 2.05) is 19.1 Å². The highest BCUT2D eigenvalue weighted by molar-refractivity contribution is 14.0. The second kappa shape index (κ2) is 13.1. The van der Waals surface area contributed by atoms with Gasteiger partial charge >= 0.3 is 0 Å². The van der Waals surface area contributed by atoms with Gasteiger partial charge < -0.3 is 20.1 Å². The summed E-state index contributed by atoms with van der Waals surface area (Å²) in [4.78, 5) is 8.57. The van der Waals surface area contributed by atoms with E-state index in [1.54, 1.807) is 13.2 Å². The molecule has 2 rings (SSSR count). The van der Waals surface area contributed by atoms with Crippen LogP contribution in [-0.4, -0.2) is 43.9 Å². The molecule has 1 aliphatic rings. The van der Waals surface area contributed by atoms with Gasteiger partial charge in [-0.1, -0.05) is 13.8 Å². The summed E-state index contributed by atoms with van der Waals surface area (Å²) < 4.78 is 11.5. The first-order valence-corrected chi connectivity index (χ1v) is 9.76. The monoisotopic (exact) mass is 490 g/mol. The highest BCUT2D eigenvalue weighted by Gasteiger charge is 2.22. The summed E-state index contributed by atoms with van der Waals surface area (Å²) in [5, 5.41) is 6.70. The molecule has 1 heterocycles. The highest BCUT2D eigenvalue weighted by Crippen LogP contribution is 2.29. The maximum atomic E-state index is 5.78. The number of hydrogen-bond donors (Lipinski definition) is 2. The van der Waals surface area contributed by atoms with Crippen molar-refractivity contribution in [3.63, 3.8) is 0 Å². The van der Waals surface area contributed by atoms with Crippen molar-refractivity contribution in [3.8, 4) is 5.88 Å². The summed E-state index contributed by atoms with van der Waals surface area (Å²) in [5.41, 5.74) is 1.13. The minimum absolute atomic E-state index is 0. The topological polar surface area (TPSA) is 67.8 Å². The Labute approximate surface area is 180 Å². The smallest absolute Gasteiger partial charge is 0.213 e. The third-order valence-corrected chi connectivity index (χ3v) is 4.49. The van der Waals surface area contributed by atoms with Crippen LogP contribution in [0.4, 0.5) is 0 Å². The first kappa shape index (κ1) is 23.9. The van der Waals surface area contributed by atoms with Gasteiger partial charge in [-0.15, -0.1) is 24.0 Å². The molecule has 0 saturated heterocycles. The number of aromatic nitrogens is 1. The molecule has 2 N–H and O–H groups in total. The summed E-state index contributed by atoms with van der Waals surface area (Å²) in [6.07, 6.45) is 5.59. The van der Waals surface area contributed by atoms with Crippen LogP contribution < -0.4 is 15.4 Å². The van der Waals surface area contributed by atoms with E-state index in [9.17, 15) is 0 Å². The Hall–Kier alpha value is -1.09. The number of pyridine rings is 1. The minimum atomic E-state index is 0. The Morgan fingerprint density at radius 3 is 2.74 bits per heavy atom. The van der Waals surface area contributed by atoms with Crippen LogP contribution in [0.25, 0.3) is 0 Å². The van der Waals surface area contributed by atoms with E-state index in [-0.39, 0.29) is 30.1 Å². The van der Waals surface area contributed by atoms with Crippen molar-refractivity contribution < 1.29 is 9.47 Å². The van der Waals surface area contributed by atoms with E-state index in [2.05, 4.69) is 34.5 Å². The summed E-state index contributed by atoms with van der Waals surface area (Å²) >= 11 is 0. The van der Waals surface area contributed by atoms with Gasteiger partial charge in [-0.2, -0.15) is 0 Å². The van der Waals surface area contributed by atoms with Crippen molar-refractivity contribution in [2.75, 3.05) is 26.8 Å². The molecule has 1 aliphatic carbocycles. The normalized spacial score (nSPS) is 15.2. The number of nitrogens with one attached hydrogen (secondary N) is 2. The zero-order valence-corrected chi connectivity index (χ0v) is 19.4. The summed E-state index contributed by atoms with van der Waals surface area (Å²) in [6, 6.07) is 3.99. The van der Waals surface area contributed by atoms with E-state index in [1.165, 1.54) is 12.8 Å². The summed E-state index contributed by atoms with van der Waals surface area (Å²) in [6.45, 7) is 9.47. The molecule has 0 bridgehead atoms. The standard InChI is InChI=1S/C20H34N4O2.HI/c1-5-25-18(15(2)3)9-11-23-20(21-4)24-13-17-8-10-22-19(12-17)26-14-16-6-7-16;/h8,10,12,15-16,18H,5-7,9,11,13-14H2,1-4H3,(H2,21,23,24);1H. The zero-order valence-electron chi connectivity index (χ0n) is 17.0. The first-order valence-electron chi connectivity index (χ1n) is 9.76. The first-order chi connectivity index (χ1) is 12.6. The molecule has 27 heavy (non-hydrogen) atoms. The number of guanidine groups is 1. The van der Waals surface area contributed by atoms with Crippen LogP contribution in [0.1, 0.15) is 45.6 Å². The van der Waals surface area contributed by atoms with Crippen LogP contribution in [0, 0.1) is 11.8 Å². The van der Waals surface area contributed by atoms with E-state index in [0.29, 0.717) is 18.3 Å². The van der Waals surface area contributed by atoms with Crippen molar-refractivity contribution in [2.45, 2.75) is 52.7 Å². The van der Waals surface area contributed by atoms with Crippen molar-refractivity contribution in [2.24, 2.45) is 16.8 Å². The number of ether oxygens (including phenoxy) is 2. The lowest BCUT2D eigenvalue weighted by molar-refractivity contribution is 0.0258. The number of aliphatic imine (C=N–C) groups is 1. The predicted molar refractivity (Wildman–Crippen MR) is 121 cm³/mol. The van der Waals surface area contributed by atoms with Crippen molar-refractivity contribution in [3.05, 3.63) is 23.9 Å². The van der Waals surface area contributed by atoms with Crippen LogP contribution in [0.5, 0.6) is 5.88 Å². The molecule has 1 saturated carbocycles. The summed E-state index contributed by atoms with van der Waals surface area (Å²) in [7, 11) is 1.79. The Kier molecular flexibility index (Phi) is 11.7. The maximum Gasteiger partial charge on any atom is 0.213 e. The Morgan fingerprint density at radius 2 is 2.11 bits per heavy atom. The molecule has 0 amide bonds. The number of nitrogens with zero attached hydrogens (tertiary/aromatic N) is 2. The van der Waals surface area contributed by atoms with Gasteiger partial charge in [0.1, 0.15) is 0 Å². The molecule has 1 aromatic heterocycles. The Morgan fingerprint density at radius 1 is 1.33 bits per heavy atom. The third kappa shape index (κ3) is 9.60. The van der Waals surface area contributed by atoms with Crippen LogP contribution in [0.3, 0.4) is 0 Å². The molecule has 1 fully saturated rings. The van der Waals surface area contributed by atoms with Gasteiger partial charge in [0, 0.05) is 39.0 Å². The fourth-order valence-corrected chi connectivity index (χ4v) is 2.69. The fourth-order valence-electron chi connectivity index (χ4n) is 2.69. The van der Waals surface area contributed by atoms with Gasteiger partial charge in [0.2, 0.25) is 5.88 Å². The van der Waals surface area contributed by atoms with Crippen LogP contribution in [0.2, 0.25) is 0 Å². The van der Waals surface area contributed by atoms with Crippen molar-refractivity contribution in [1.82, 2.24) is 15.6 Å². The van der Waals surface area contributed by atoms with Crippen LogP contribution in [0.15, 0.2) is 23.3 Å². The van der Waals surface area contributed by atoms with Crippen molar-refractivity contribution >= 4 is 29.9 Å². The van der Waals surface area contributed by atoms with E-state index < -0.39 is 0 Å². The second-order valence-electron chi connectivity index (χ2n) is 7.14. The number of rotatable bonds is 11. The molecule has 1 atom stereocenters. The van der Waals surface area contributed by atoms with Gasteiger partial charge in [0.15, 0.2) is 5.96 Å². The largest absolute Gasteiger partial charge is 0.477 e. The Bertz CT molecular complexity index is 565. The second-order valence-corrected chi connectivity index (χ2v) is 7.14. The molecule has 0 spiro atoms. The molecule has 1 aromatic rings. The van der Waals surface area contributed by atoms with Gasteiger partial charge in [-0.05, 0) is 49.7 Å². The zero-order chi connectivity index (χ0) is 18.8. The average Bonchev–Trinajstić information content (AvgIpc) is 3.46. The quantitative estimate of drug-likeness (QED) is 0.282. The van der Waals surface area contributed by atoms with Gasteiger partial charge in [0.25, 0.3) is 0 Å². The highest BCUT2D eigenvalue weighted by atomic mass is 127. The summed E-state index contributed by atoms with van der Waals surface area (Å²) in [5.74, 6) is 2.74. The van der Waals surface area contributed by atoms with Gasteiger partial charge in [-0.3, -0.25) is 4.99 Å². The van der Waals surface area contributed by atoms with E-state index in [4.69, 9.17) is 9.47 Å². The predicted octanol–water partition coefficient (Wildman–Crippen LogP) is 3.60. The van der Waals surface area contributed by atoms with Crippen LogP contribution in [-0.2, 0) is 11.3 Å². The lowest BCUT2D eigenvalue weighted by atomic mass is 10.0. The maximum absolute atomic E-state index is 5.78. The van der Waals surface area contributed by atoms with Gasteiger partial charge in [-0.25, -0.2) is 4.98 Å². The minimum Gasteiger partial charge on any atom is -0.477 e. The molecular weight excluding hydrogens is 455 g/mol. The SMILES string of the molecule is CCOC(CCNC(=NC)NCc1ccnc(OCC2CC2)c1)C(C)C.I. The van der Waals surface area contributed by atoms with Crippen LogP contribution >= 0.6 is 24.0 Å². The van der Waals surface area contributed by atoms with Crippen molar-refractivity contribution in [1.29, 1.82) is 0 Å². The molecule has 7 heteroatoms. The Balaban J connectivity index is 0.00000364.